The lowest BCUT2D eigenvalue weighted by atomic mass is 9.78. The molecule has 2 heterocycles. The third-order valence-corrected chi connectivity index (χ3v) is 5.61. The molecule has 0 aromatic rings. The standard InChI is InChI=1S/C10H19N3O.C6H11N3O5/c1-5-9-7(3)6(2)8(4)10(14-9)12-13-11;7-9-8-6-5(13)4(12)3(11)2(1-10)14-6/h6-10H,5H2,1-4H3;2-6,10-13H,1H2/t6-,7-,8?,9?,10+;2?,3-,4+,5?,6-/m01/s1. The average molecular weight is 402 g/mol. The lowest BCUT2D eigenvalue weighted by Crippen LogP contribution is -2.57. The molecule has 0 saturated carbocycles. The van der Waals surface area contributed by atoms with Crippen molar-refractivity contribution in [3.63, 3.8) is 0 Å². The number of ether oxygens (including phenoxy) is 2. The van der Waals surface area contributed by atoms with E-state index >= 15 is 0 Å². The van der Waals surface area contributed by atoms with Gasteiger partial charge in [-0.15, -0.1) is 0 Å². The Bertz CT molecular complexity index is 530. The zero-order valence-electron chi connectivity index (χ0n) is 16.5. The fraction of sp³-hybridized carbons (Fsp3) is 1.00. The maximum absolute atomic E-state index is 9.27. The summed E-state index contributed by atoms with van der Waals surface area (Å²) in [6.45, 7) is 8.08. The smallest absolute Gasteiger partial charge is 0.165 e. The molecule has 4 unspecified atom stereocenters. The molecule has 0 aliphatic carbocycles. The van der Waals surface area contributed by atoms with Gasteiger partial charge in [0.1, 0.15) is 30.6 Å². The van der Waals surface area contributed by atoms with Crippen molar-refractivity contribution in [1.29, 1.82) is 0 Å². The molecule has 2 rings (SSSR count). The van der Waals surface area contributed by atoms with Crippen LogP contribution in [0.5, 0.6) is 0 Å². The van der Waals surface area contributed by atoms with Crippen LogP contribution in [0.2, 0.25) is 0 Å². The molecule has 12 nitrogen and oxygen atoms in total. The van der Waals surface area contributed by atoms with E-state index < -0.39 is 37.3 Å². The van der Waals surface area contributed by atoms with E-state index in [9.17, 15) is 15.3 Å². The first-order chi connectivity index (χ1) is 13.2. The van der Waals surface area contributed by atoms with Crippen LogP contribution < -0.4 is 0 Å². The van der Waals surface area contributed by atoms with Crippen molar-refractivity contribution in [2.75, 3.05) is 6.61 Å². The van der Waals surface area contributed by atoms with Gasteiger partial charge in [-0.2, -0.15) is 0 Å². The van der Waals surface area contributed by atoms with Crippen LogP contribution in [0.3, 0.4) is 0 Å². The topological polar surface area (TPSA) is 197 Å². The SMILES string of the molecule is CCC1O[C@@H](N=[N+]=[N-])C(C)[C@@H](C)[C@@H]1C.[N-]=[N+]=N[C@@H]1OC(CO)[C@@H](O)[C@H](O)C1O. The Hall–Kier alpha value is -1.62. The van der Waals surface area contributed by atoms with Gasteiger partial charge in [0.15, 0.2) is 6.23 Å². The second-order valence-electron chi connectivity index (χ2n) is 7.18. The van der Waals surface area contributed by atoms with Crippen molar-refractivity contribution in [3.05, 3.63) is 20.9 Å². The highest BCUT2D eigenvalue weighted by molar-refractivity contribution is 4.91. The number of hydrogen-bond donors (Lipinski definition) is 4. The fourth-order valence-electron chi connectivity index (χ4n) is 3.38. The Balaban J connectivity index is 0.000000280. The van der Waals surface area contributed by atoms with Crippen LogP contribution in [0.25, 0.3) is 20.9 Å². The molecule has 0 aromatic carbocycles. The summed E-state index contributed by atoms with van der Waals surface area (Å²) in [5.74, 6) is 1.40. The van der Waals surface area contributed by atoms with Crippen LogP contribution in [0.1, 0.15) is 34.1 Å². The molecule has 12 heteroatoms. The highest BCUT2D eigenvalue weighted by Gasteiger charge is 2.43. The zero-order chi connectivity index (χ0) is 21.4. The fourth-order valence-corrected chi connectivity index (χ4v) is 3.38. The summed E-state index contributed by atoms with van der Waals surface area (Å²) in [5.41, 5.74) is 16.5. The highest BCUT2D eigenvalue weighted by atomic mass is 16.6. The first kappa shape index (κ1) is 24.4. The Labute approximate surface area is 163 Å². The van der Waals surface area contributed by atoms with Crippen molar-refractivity contribution >= 4 is 0 Å². The lowest BCUT2D eigenvalue weighted by molar-refractivity contribution is -0.227. The third kappa shape index (κ3) is 5.69. The average Bonchev–Trinajstić information content (AvgIpc) is 2.69. The van der Waals surface area contributed by atoms with Gasteiger partial charge in [-0.05, 0) is 35.2 Å². The van der Waals surface area contributed by atoms with Crippen molar-refractivity contribution in [2.45, 2.75) is 77.1 Å². The number of hydrogen-bond acceptors (Lipinski definition) is 8. The molecule has 0 amide bonds. The van der Waals surface area contributed by atoms with Crippen LogP contribution >= 0.6 is 0 Å². The van der Waals surface area contributed by atoms with Crippen molar-refractivity contribution in [1.82, 2.24) is 0 Å². The van der Waals surface area contributed by atoms with Gasteiger partial charge in [0, 0.05) is 9.82 Å². The van der Waals surface area contributed by atoms with Gasteiger partial charge in [-0.1, -0.05) is 37.9 Å². The quantitative estimate of drug-likeness (QED) is 0.311. The Morgan fingerprint density at radius 2 is 1.32 bits per heavy atom. The minimum atomic E-state index is -1.50. The molecule has 0 radical (unpaired) electrons. The zero-order valence-corrected chi connectivity index (χ0v) is 16.5. The van der Waals surface area contributed by atoms with Gasteiger partial charge >= 0.3 is 0 Å². The summed E-state index contributed by atoms with van der Waals surface area (Å²) in [7, 11) is 0. The summed E-state index contributed by atoms with van der Waals surface area (Å²) >= 11 is 0. The van der Waals surface area contributed by atoms with E-state index in [1.165, 1.54) is 0 Å². The lowest BCUT2D eigenvalue weighted by Gasteiger charge is -2.41. The van der Waals surface area contributed by atoms with Gasteiger partial charge < -0.3 is 29.9 Å². The van der Waals surface area contributed by atoms with E-state index in [1.54, 1.807) is 0 Å². The summed E-state index contributed by atoms with van der Waals surface area (Å²) in [5, 5.41) is 43.3. The van der Waals surface area contributed by atoms with E-state index in [-0.39, 0.29) is 12.3 Å². The molecular formula is C16H30N6O6. The molecule has 0 aromatic heterocycles. The predicted octanol–water partition coefficient (Wildman–Crippen LogP) is 1.44. The molecular weight excluding hydrogens is 372 g/mol. The van der Waals surface area contributed by atoms with Crippen molar-refractivity contribution in [2.24, 2.45) is 28.0 Å². The first-order valence-corrected chi connectivity index (χ1v) is 9.27. The summed E-state index contributed by atoms with van der Waals surface area (Å²) in [6, 6.07) is 0. The van der Waals surface area contributed by atoms with Gasteiger partial charge in [0.2, 0.25) is 0 Å². The summed E-state index contributed by atoms with van der Waals surface area (Å²) < 4.78 is 10.6. The normalized spacial score (nSPS) is 43.0. The van der Waals surface area contributed by atoms with Gasteiger partial charge in [0.25, 0.3) is 0 Å². The molecule has 0 bridgehead atoms. The number of aliphatic hydroxyl groups excluding tert-OH is 4. The number of nitrogens with zero attached hydrogens (tertiary/aromatic N) is 6. The Morgan fingerprint density at radius 3 is 1.82 bits per heavy atom. The van der Waals surface area contributed by atoms with E-state index in [2.05, 4.69) is 47.7 Å². The maximum Gasteiger partial charge on any atom is 0.165 e. The number of azide groups is 2. The minimum absolute atomic E-state index is 0.233. The molecule has 2 saturated heterocycles. The maximum atomic E-state index is 9.27. The second-order valence-corrected chi connectivity index (χ2v) is 7.18. The van der Waals surface area contributed by atoms with E-state index in [4.69, 9.17) is 25.6 Å². The minimum Gasteiger partial charge on any atom is -0.394 e. The van der Waals surface area contributed by atoms with Crippen molar-refractivity contribution < 1.29 is 29.9 Å². The molecule has 2 aliphatic heterocycles. The summed E-state index contributed by atoms with van der Waals surface area (Å²) in [4.78, 5) is 5.24. The molecule has 10 atom stereocenters. The molecule has 28 heavy (non-hydrogen) atoms. The summed E-state index contributed by atoms with van der Waals surface area (Å²) in [6.07, 6.45) is -5.83. The van der Waals surface area contributed by atoms with Crippen LogP contribution in [0.4, 0.5) is 0 Å². The van der Waals surface area contributed by atoms with Gasteiger partial charge in [-0.25, -0.2) is 0 Å². The molecule has 2 fully saturated rings. The molecule has 0 spiro atoms. The van der Waals surface area contributed by atoms with E-state index in [1.807, 2.05) is 0 Å². The van der Waals surface area contributed by atoms with Crippen LogP contribution in [-0.4, -0.2) is 70.0 Å². The molecule has 4 N–H and O–H groups in total. The second kappa shape index (κ2) is 11.4. The van der Waals surface area contributed by atoms with E-state index in [0.717, 1.165) is 6.42 Å². The number of rotatable bonds is 4. The van der Waals surface area contributed by atoms with Crippen LogP contribution in [0, 0.1) is 17.8 Å². The van der Waals surface area contributed by atoms with Crippen LogP contribution in [0.15, 0.2) is 10.2 Å². The van der Waals surface area contributed by atoms with Gasteiger partial charge in [0.05, 0.1) is 12.7 Å². The molecule has 2 aliphatic rings. The first-order valence-electron chi connectivity index (χ1n) is 9.27. The van der Waals surface area contributed by atoms with Gasteiger partial charge in [-0.3, -0.25) is 0 Å². The number of aliphatic hydroxyl groups is 4. The Morgan fingerprint density at radius 1 is 0.786 bits per heavy atom. The molecule has 160 valence electrons. The van der Waals surface area contributed by atoms with E-state index in [0.29, 0.717) is 17.8 Å². The van der Waals surface area contributed by atoms with Crippen LogP contribution in [-0.2, 0) is 9.47 Å². The largest absolute Gasteiger partial charge is 0.394 e. The Kier molecular flexibility index (Phi) is 9.94. The highest BCUT2D eigenvalue weighted by Crippen LogP contribution is 2.36. The predicted molar refractivity (Wildman–Crippen MR) is 98.5 cm³/mol. The third-order valence-electron chi connectivity index (χ3n) is 5.61. The van der Waals surface area contributed by atoms with Crippen molar-refractivity contribution in [3.8, 4) is 0 Å². The monoisotopic (exact) mass is 402 g/mol.